The molecule has 0 atom stereocenters. The Kier molecular flexibility index (Phi) is 3.12. The molecule has 0 aliphatic heterocycles. The average Bonchev–Trinajstić information content (AvgIpc) is 2.39. The van der Waals surface area contributed by atoms with Crippen LogP contribution in [0.4, 0.5) is 0 Å². The highest BCUT2D eigenvalue weighted by molar-refractivity contribution is 5.57. The van der Waals surface area contributed by atoms with E-state index >= 15 is 0 Å². The highest BCUT2D eigenvalue weighted by Gasteiger charge is 2.03. The van der Waals surface area contributed by atoms with Gasteiger partial charge in [-0.15, -0.1) is 0 Å². The second kappa shape index (κ2) is 4.72. The lowest BCUT2D eigenvalue weighted by Crippen LogP contribution is -2.01. The monoisotopic (exact) mass is 215 g/mol. The van der Waals surface area contributed by atoms with Crippen LogP contribution in [0, 0.1) is 0 Å². The Bertz CT molecular complexity index is 440. The van der Waals surface area contributed by atoms with Crippen LogP contribution in [-0.2, 0) is 6.54 Å². The maximum absolute atomic E-state index is 5.54. The van der Waals surface area contributed by atoms with E-state index in [9.17, 15) is 0 Å². The van der Waals surface area contributed by atoms with Crippen molar-refractivity contribution in [2.45, 2.75) is 6.54 Å². The number of rotatable bonds is 3. The zero-order chi connectivity index (χ0) is 11.4. The SMILES string of the molecule is COc1cccc(-c2nccc(CN)n2)c1. The Morgan fingerprint density at radius 3 is 2.94 bits per heavy atom. The van der Waals surface area contributed by atoms with Crippen LogP contribution in [0.25, 0.3) is 11.4 Å². The minimum absolute atomic E-state index is 0.416. The van der Waals surface area contributed by atoms with Gasteiger partial charge >= 0.3 is 0 Å². The molecular formula is C12H13N3O. The summed E-state index contributed by atoms with van der Waals surface area (Å²) >= 11 is 0. The van der Waals surface area contributed by atoms with Gasteiger partial charge in [-0.2, -0.15) is 0 Å². The summed E-state index contributed by atoms with van der Waals surface area (Å²) in [6.45, 7) is 0.416. The van der Waals surface area contributed by atoms with E-state index in [1.54, 1.807) is 13.3 Å². The van der Waals surface area contributed by atoms with Gasteiger partial charge in [0.05, 0.1) is 12.8 Å². The number of aromatic nitrogens is 2. The third kappa shape index (κ3) is 2.17. The number of methoxy groups -OCH3 is 1. The summed E-state index contributed by atoms with van der Waals surface area (Å²) in [5.74, 6) is 1.46. The molecule has 1 aromatic heterocycles. The van der Waals surface area contributed by atoms with E-state index in [1.807, 2.05) is 30.3 Å². The Hall–Kier alpha value is -1.94. The highest BCUT2D eigenvalue weighted by Crippen LogP contribution is 2.20. The van der Waals surface area contributed by atoms with Crippen molar-refractivity contribution >= 4 is 0 Å². The summed E-state index contributed by atoms with van der Waals surface area (Å²) in [5, 5.41) is 0. The molecule has 4 nitrogen and oxygen atoms in total. The van der Waals surface area contributed by atoms with Gasteiger partial charge in [0.25, 0.3) is 0 Å². The van der Waals surface area contributed by atoms with Gasteiger partial charge < -0.3 is 10.5 Å². The van der Waals surface area contributed by atoms with Crippen molar-refractivity contribution in [1.82, 2.24) is 9.97 Å². The predicted octanol–water partition coefficient (Wildman–Crippen LogP) is 1.61. The first-order chi connectivity index (χ1) is 7.83. The maximum atomic E-state index is 5.54. The molecule has 0 fully saturated rings. The van der Waals surface area contributed by atoms with Gasteiger partial charge in [-0.1, -0.05) is 12.1 Å². The molecule has 1 aromatic carbocycles. The van der Waals surface area contributed by atoms with Gasteiger partial charge in [-0.05, 0) is 18.2 Å². The molecule has 2 N–H and O–H groups in total. The fourth-order valence-corrected chi connectivity index (χ4v) is 1.41. The largest absolute Gasteiger partial charge is 0.497 e. The van der Waals surface area contributed by atoms with Crippen LogP contribution >= 0.6 is 0 Å². The second-order valence-electron chi connectivity index (χ2n) is 3.31. The zero-order valence-electron chi connectivity index (χ0n) is 9.05. The molecule has 16 heavy (non-hydrogen) atoms. The topological polar surface area (TPSA) is 61.0 Å². The van der Waals surface area contributed by atoms with Gasteiger partial charge in [-0.3, -0.25) is 0 Å². The molecule has 2 rings (SSSR count). The van der Waals surface area contributed by atoms with Crippen LogP contribution in [0.3, 0.4) is 0 Å². The highest BCUT2D eigenvalue weighted by atomic mass is 16.5. The first-order valence-corrected chi connectivity index (χ1v) is 5.00. The zero-order valence-corrected chi connectivity index (χ0v) is 9.05. The average molecular weight is 215 g/mol. The maximum Gasteiger partial charge on any atom is 0.159 e. The molecule has 1 heterocycles. The van der Waals surface area contributed by atoms with Crippen molar-refractivity contribution in [3.8, 4) is 17.1 Å². The van der Waals surface area contributed by atoms with E-state index in [4.69, 9.17) is 10.5 Å². The molecule has 0 saturated carbocycles. The van der Waals surface area contributed by atoms with Crippen molar-refractivity contribution in [3.05, 3.63) is 42.2 Å². The Labute approximate surface area is 94.1 Å². The van der Waals surface area contributed by atoms with Gasteiger partial charge in [0.15, 0.2) is 5.82 Å². The fourth-order valence-electron chi connectivity index (χ4n) is 1.41. The van der Waals surface area contributed by atoms with E-state index < -0.39 is 0 Å². The number of nitrogens with two attached hydrogens (primary N) is 1. The molecule has 82 valence electrons. The third-order valence-electron chi connectivity index (χ3n) is 2.25. The molecule has 0 aliphatic carbocycles. The molecule has 0 radical (unpaired) electrons. The minimum Gasteiger partial charge on any atom is -0.497 e. The second-order valence-corrected chi connectivity index (χ2v) is 3.31. The molecule has 0 saturated heterocycles. The van der Waals surface area contributed by atoms with Crippen molar-refractivity contribution in [2.24, 2.45) is 5.73 Å². The van der Waals surface area contributed by atoms with Crippen LogP contribution in [0.5, 0.6) is 5.75 Å². The summed E-state index contributed by atoms with van der Waals surface area (Å²) in [5.41, 5.74) is 7.29. The summed E-state index contributed by atoms with van der Waals surface area (Å²) in [6, 6.07) is 9.44. The first kappa shape index (κ1) is 10.6. The van der Waals surface area contributed by atoms with Crippen LogP contribution in [0.1, 0.15) is 5.69 Å². The van der Waals surface area contributed by atoms with Crippen molar-refractivity contribution in [1.29, 1.82) is 0 Å². The normalized spacial score (nSPS) is 10.1. The number of nitrogens with zero attached hydrogens (tertiary/aromatic N) is 2. The predicted molar refractivity (Wildman–Crippen MR) is 61.9 cm³/mol. The Balaban J connectivity index is 2.41. The summed E-state index contributed by atoms with van der Waals surface area (Å²) in [4.78, 5) is 8.56. The van der Waals surface area contributed by atoms with Crippen LogP contribution in [0.2, 0.25) is 0 Å². The van der Waals surface area contributed by atoms with Gasteiger partial charge in [0.2, 0.25) is 0 Å². The number of hydrogen-bond acceptors (Lipinski definition) is 4. The van der Waals surface area contributed by atoms with Crippen LogP contribution < -0.4 is 10.5 Å². The van der Waals surface area contributed by atoms with E-state index in [2.05, 4.69) is 9.97 Å². The standard InChI is InChI=1S/C12H13N3O/c1-16-11-4-2-3-9(7-11)12-14-6-5-10(8-13)15-12/h2-7H,8,13H2,1H3. The van der Waals surface area contributed by atoms with E-state index in [1.165, 1.54) is 0 Å². The lowest BCUT2D eigenvalue weighted by Gasteiger charge is -2.04. The van der Waals surface area contributed by atoms with E-state index in [-0.39, 0.29) is 0 Å². The smallest absolute Gasteiger partial charge is 0.159 e. The molecule has 0 aliphatic rings. The molecule has 4 heteroatoms. The number of benzene rings is 1. The van der Waals surface area contributed by atoms with Gasteiger partial charge in [0.1, 0.15) is 5.75 Å². The van der Waals surface area contributed by atoms with Gasteiger partial charge in [0, 0.05) is 18.3 Å². The summed E-state index contributed by atoms with van der Waals surface area (Å²) < 4.78 is 5.15. The number of hydrogen-bond donors (Lipinski definition) is 1. The van der Waals surface area contributed by atoms with Crippen LogP contribution in [-0.4, -0.2) is 17.1 Å². The van der Waals surface area contributed by atoms with Crippen molar-refractivity contribution in [3.63, 3.8) is 0 Å². The van der Waals surface area contributed by atoms with Crippen molar-refractivity contribution in [2.75, 3.05) is 7.11 Å². The lowest BCUT2D eigenvalue weighted by molar-refractivity contribution is 0.415. The number of ether oxygens (including phenoxy) is 1. The molecule has 0 spiro atoms. The molecule has 0 bridgehead atoms. The van der Waals surface area contributed by atoms with Crippen LogP contribution in [0.15, 0.2) is 36.5 Å². The molecule has 2 aromatic rings. The molecule has 0 amide bonds. The molecule has 0 unspecified atom stereocenters. The van der Waals surface area contributed by atoms with E-state index in [0.29, 0.717) is 12.4 Å². The Morgan fingerprint density at radius 2 is 2.19 bits per heavy atom. The van der Waals surface area contributed by atoms with Gasteiger partial charge in [-0.25, -0.2) is 9.97 Å². The lowest BCUT2D eigenvalue weighted by atomic mass is 10.2. The third-order valence-corrected chi connectivity index (χ3v) is 2.25. The summed E-state index contributed by atoms with van der Waals surface area (Å²) in [7, 11) is 1.64. The quantitative estimate of drug-likeness (QED) is 0.845. The minimum atomic E-state index is 0.416. The first-order valence-electron chi connectivity index (χ1n) is 5.00. The summed E-state index contributed by atoms with van der Waals surface area (Å²) in [6.07, 6.45) is 1.71. The molecular weight excluding hydrogens is 202 g/mol. The van der Waals surface area contributed by atoms with Crippen molar-refractivity contribution < 1.29 is 4.74 Å². The van der Waals surface area contributed by atoms with E-state index in [0.717, 1.165) is 17.0 Å². The Morgan fingerprint density at radius 1 is 1.31 bits per heavy atom. The fraction of sp³-hybridized carbons (Fsp3) is 0.167.